The Kier molecular flexibility index (Phi) is 10.6. The number of phenolic OH excluding ortho intramolecular Hbond substituents is 1. The van der Waals surface area contributed by atoms with Gasteiger partial charge < -0.3 is 9.52 Å². The number of nitrogens with zero attached hydrogens (tertiary/aromatic N) is 3. The maximum absolute atomic E-state index is 12.7. The van der Waals surface area contributed by atoms with Crippen LogP contribution >= 0.6 is 0 Å². The highest BCUT2D eigenvalue weighted by molar-refractivity contribution is 6.25. The Hall–Kier alpha value is -8.28. The third kappa shape index (κ3) is 7.86. The Morgan fingerprint density at radius 3 is 1.90 bits per heavy atom. The number of benzene rings is 9. The van der Waals surface area contributed by atoms with E-state index in [0.717, 1.165) is 99.8 Å². The Morgan fingerprint density at radius 1 is 0.466 bits per heavy atom. The van der Waals surface area contributed by atoms with E-state index >= 15 is 0 Å². The zero-order valence-corrected chi connectivity index (χ0v) is 43.1. The Bertz CT molecular complexity index is 4140. The van der Waals surface area contributed by atoms with E-state index in [1.165, 1.54) is 21.7 Å². The van der Waals surface area contributed by atoms with Gasteiger partial charge in [0.05, 0.1) is 28.0 Å². The van der Waals surface area contributed by atoms with Crippen LogP contribution in [0.2, 0.25) is 0 Å². The first-order valence-electron chi connectivity index (χ1n) is 25.4. The molecule has 5 heteroatoms. The standard InChI is InChI=1S/C68H59N3O2/c1-66(2,3)46-28-31-58(52(38-46)42-21-14-11-15-22-42)71-59-26-18-25-49(62(59)70-65(71)55-39-47(67(4,5)6)40-56(63(55)72)68(7,8)9)45-35-53(57-37-44(33-34-69-57)41-19-12-10-13-20-41)64-54(36-45)61-51-29-27-43-23-16-17-24-48(43)50(51)30-32-60(61)73-64/h10-40,72H,1-9H3. The predicted octanol–water partition coefficient (Wildman–Crippen LogP) is 18.6. The van der Waals surface area contributed by atoms with Gasteiger partial charge in [-0.3, -0.25) is 9.55 Å². The summed E-state index contributed by atoms with van der Waals surface area (Å²) >= 11 is 0. The van der Waals surface area contributed by atoms with Crippen molar-refractivity contribution in [1.82, 2.24) is 14.5 Å². The summed E-state index contributed by atoms with van der Waals surface area (Å²) in [6, 6.07) is 64.9. The first-order chi connectivity index (χ1) is 35.0. The molecule has 0 atom stereocenters. The smallest absolute Gasteiger partial charge is 0.149 e. The summed E-state index contributed by atoms with van der Waals surface area (Å²) in [6.45, 7) is 20.0. The largest absolute Gasteiger partial charge is 0.507 e. The summed E-state index contributed by atoms with van der Waals surface area (Å²) in [5, 5.41) is 19.5. The van der Waals surface area contributed by atoms with Gasteiger partial charge in [0.25, 0.3) is 0 Å². The van der Waals surface area contributed by atoms with Gasteiger partial charge in [0.2, 0.25) is 0 Å². The monoisotopic (exact) mass is 949 g/mol. The molecule has 3 heterocycles. The number of furan rings is 1. The molecule has 0 radical (unpaired) electrons. The van der Waals surface area contributed by atoms with Gasteiger partial charge >= 0.3 is 0 Å². The Morgan fingerprint density at radius 2 is 1.16 bits per heavy atom. The van der Waals surface area contributed by atoms with Crippen molar-refractivity contribution in [1.29, 1.82) is 0 Å². The number of aromatic nitrogens is 3. The summed E-state index contributed by atoms with van der Waals surface area (Å²) in [5.41, 5.74) is 15.6. The number of aromatic hydroxyl groups is 1. The SMILES string of the molecule is CC(C)(C)c1ccc(-n2c(-c3cc(C(C)(C)C)cc(C(C)(C)C)c3O)nc3c(-c4cc(-c5cc(-c6ccccc6)ccn5)c5oc6ccc7c8ccccc8ccc7c6c5c4)cccc32)c(-c2ccccc2)c1. The number of imidazole rings is 1. The van der Waals surface area contributed by atoms with Gasteiger partial charge in [0, 0.05) is 39.2 Å². The molecule has 12 aromatic rings. The average molecular weight is 950 g/mol. The van der Waals surface area contributed by atoms with Crippen LogP contribution < -0.4 is 0 Å². The first-order valence-corrected chi connectivity index (χ1v) is 25.4. The summed E-state index contributed by atoms with van der Waals surface area (Å²) in [4.78, 5) is 10.9. The third-order valence-electron chi connectivity index (χ3n) is 14.8. The molecule has 0 saturated carbocycles. The van der Waals surface area contributed by atoms with Crippen molar-refractivity contribution < 1.29 is 9.52 Å². The number of hydrogen-bond acceptors (Lipinski definition) is 4. The van der Waals surface area contributed by atoms with Crippen molar-refractivity contribution in [2.45, 2.75) is 78.6 Å². The molecule has 0 aliphatic heterocycles. The Balaban J connectivity index is 1.20. The van der Waals surface area contributed by atoms with E-state index < -0.39 is 0 Å². The maximum atomic E-state index is 12.7. The second kappa shape index (κ2) is 16.9. The van der Waals surface area contributed by atoms with Crippen molar-refractivity contribution >= 4 is 54.5 Å². The quantitative estimate of drug-likeness (QED) is 0.169. The molecule has 9 aromatic carbocycles. The van der Waals surface area contributed by atoms with Gasteiger partial charge in [-0.05, 0) is 126 Å². The van der Waals surface area contributed by atoms with Crippen LogP contribution in [0, 0.1) is 0 Å². The molecule has 0 fully saturated rings. The first kappa shape index (κ1) is 45.8. The fourth-order valence-electron chi connectivity index (χ4n) is 10.8. The molecular weight excluding hydrogens is 891 g/mol. The van der Waals surface area contributed by atoms with Gasteiger partial charge in [0.1, 0.15) is 22.7 Å². The van der Waals surface area contributed by atoms with Gasteiger partial charge in [-0.1, -0.05) is 190 Å². The van der Waals surface area contributed by atoms with E-state index in [2.05, 4.69) is 243 Å². The van der Waals surface area contributed by atoms with Crippen LogP contribution in [-0.4, -0.2) is 19.6 Å². The van der Waals surface area contributed by atoms with Crippen molar-refractivity contribution in [3.8, 4) is 67.5 Å². The van der Waals surface area contributed by atoms with E-state index in [0.29, 0.717) is 11.4 Å². The van der Waals surface area contributed by atoms with Gasteiger partial charge in [-0.2, -0.15) is 0 Å². The summed E-state index contributed by atoms with van der Waals surface area (Å²) in [5.74, 6) is 0.908. The number of phenols is 1. The molecular formula is C68H59N3O2. The van der Waals surface area contributed by atoms with Gasteiger partial charge in [-0.15, -0.1) is 0 Å². The highest BCUT2D eigenvalue weighted by Crippen LogP contribution is 2.48. The second-order valence-corrected chi connectivity index (χ2v) is 22.8. The van der Waals surface area contributed by atoms with E-state index in [1.807, 2.05) is 12.3 Å². The van der Waals surface area contributed by atoms with E-state index in [-0.39, 0.29) is 22.0 Å². The molecule has 1 N–H and O–H groups in total. The lowest BCUT2D eigenvalue weighted by atomic mass is 9.79. The van der Waals surface area contributed by atoms with Gasteiger partial charge in [-0.25, -0.2) is 4.98 Å². The molecule has 0 spiro atoms. The fraction of sp³-hybridized carbons (Fsp3) is 0.176. The number of pyridine rings is 1. The lowest BCUT2D eigenvalue weighted by molar-refractivity contribution is 0.446. The molecule has 73 heavy (non-hydrogen) atoms. The number of fused-ring (bicyclic) bond motifs is 8. The minimum Gasteiger partial charge on any atom is -0.507 e. The number of rotatable bonds is 6. The predicted molar refractivity (Wildman–Crippen MR) is 306 cm³/mol. The van der Waals surface area contributed by atoms with Crippen LogP contribution in [0.4, 0.5) is 0 Å². The van der Waals surface area contributed by atoms with E-state index in [4.69, 9.17) is 14.4 Å². The third-order valence-corrected chi connectivity index (χ3v) is 14.8. The summed E-state index contributed by atoms with van der Waals surface area (Å²) < 4.78 is 9.30. The molecule has 0 aliphatic rings. The van der Waals surface area contributed by atoms with Crippen molar-refractivity contribution in [3.63, 3.8) is 0 Å². The zero-order chi connectivity index (χ0) is 50.6. The van der Waals surface area contributed by atoms with Crippen LogP contribution in [0.3, 0.4) is 0 Å². The Labute approximate surface area is 427 Å². The lowest BCUT2D eigenvalue weighted by Crippen LogP contribution is -2.17. The van der Waals surface area contributed by atoms with Crippen molar-refractivity contribution in [3.05, 3.63) is 205 Å². The van der Waals surface area contributed by atoms with E-state index in [9.17, 15) is 5.11 Å². The molecule has 0 unspecified atom stereocenters. The van der Waals surface area contributed by atoms with E-state index in [1.54, 1.807) is 0 Å². The molecule has 358 valence electrons. The van der Waals surface area contributed by atoms with Crippen LogP contribution in [0.25, 0.3) is 116 Å². The number of para-hydroxylation sites is 1. The van der Waals surface area contributed by atoms with Crippen molar-refractivity contribution in [2.75, 3.05) is 0 Å². The lowest BCUT2D eigenvalue weighted by Gasteiger charge is -2.28. The second-order valence-electron chi connectivity index (χ2n) is 22.8. The molecule has 0 bridgehead atoms. The van der Waals surface area contributed by atoms with Gasteiger partial charge in [0.15, 0.2) is 0 Å². The number of hydrogen-bond donors (Lipinski definition) is 1. The molecule has 0 aliphatic carbocycles. The minimum absolute atomic E-state index is 0.0997. The minimum atomic E-state index is -0.354. The van der Waals surface area contributed by atoms with Crippen molar-refractivity contribution in [2.24, 2.45) is 0 Å². The normalized spacial score (nSPS) is 12.5. The topological polar surface area (TPSA) is 64.1 Å². The zero-order valence-electron chi connectivity index (χ0n) is 43.1. The van der Waals surface area contributed by atoms with Crippen LogP contribution in [0.5, 0.6) is 5.75 Å². The molecule has 5 nitrogen and oxygen atoms in total. The fourth-order valence-corrected chi connectivity index (χ4v) is 10.8. The maximum Gasteiger partial charge on any atom is 0.149 e. The highest BCUT2D eigenvalue weighted by Gasteiger charge is 2.30. The summed E-state index contributed by atoms with van der Waals surface area (Å²) in [6.07, 6.45) is 1.90. The van der Waals surface area contributed by atoms with Crippen LogP contribution in [0.15, 0.2) is 193 Å². The average Bonchev–Trinajstić information content (AvgIpc) is 3.97. The molecule has 3 aromatic heterocycles. The molecule has 0 saturated heterocycles. The highest BCUT2D eigenvalue weighted by atomic mass is 16.3. The summed E-state index contributed by atoms with van der Waals surface area (Å²) in [7, 11) is 0. The molecule has 0 amide bonds. The van der Waals surface area contributed by atoms with Crippen LogP contribution in [0.1, 0.15) is 79.0 Å². The molecule has 12 rings (SSSR count). The van der Waals surface area contributed by atoms with Crippen LogP contribution in [-0.2, 0) is 16.2 Å².